The van der Waals surface area contributed by atoms with E-state index in [1.165, 1.54) is 19.5 Å². The lowest BCUT2D eigenvalue weighted by atomic mass is 9.85. The van der Waals surface area contributed by atoms with E-state index in [0.717, 1.165) is 11.3 Å². The molecule has 0 saturated carbocycles. The Morgan fingerprint density at radius 1 is 1.19 bits per heavy atom. The Labute approximate surface area is 258 Å². The van der Waals surface area contributed by atoms with Crippen LogP contribution in [0.4, 0.5) is 21.6 Å². The smallest absolute Gasteiger partial charge is 0.257 e. The molecular formula is C30H37BrFN7O4. The molecule has 2 aromatic carbocycles. The summed E-state index contributed by atoms with van der Waals surface area (Å²) in [5.41, 5.74) is 0.00536. The normalized spacial score (nSPS) is 16.4. The van der Waals surface area contributed by atoms with Crippen LogP contribution in [0.15, 0.2) is 41.1 Å². The van der Waals surface area contributed by atoms with Gasteiger partial charge in [0.25, 0.3) is 11.8 Å². The minimum absolute atomic E-state index is 0.151. The first-order valence-corrected chi connectivity index (χ1v) is 14.8. The number of anilines is 3. The Hall–Kier alpha value is -3.68. The maximum Gasteiger partial charge on any atom is 0.257 e. The van der Waals surface area contributed by atoms with Crippen molar-refractivity contribution >= 4 is 61.7 Å². The van der Waals surface area contributed by atoms with Crippen LogP contribution >= 0.6 is 15.9 Å². The van der Waals surface area contributed by atoms with Crippen molar-refractivity contribution < 1.29 is 23.5 Å². The number of methoxy groups -OCH3 is 1. The van der Waals surface area contributed by atoms with Crippen LogP contribution < -0.4 is 30.9 Å². The fraction of sp³-hybridized carbons (Fsp3) is 0.433. The van der Waals surface area contributed by atoms with E-state index in [2.05, 4.69) is 47.2 Å². The second kappa shape index (κ2) is 13.3. The molecule has 2 heterocycles. The summed E-state index contributed by atoms with van der Waals surface area (Å²) in [6, 6.07) is 5.50. The van der Waals surface area contributed by atoms with E-state index in [1.807, 2.05) is 20.8 Å². The number of fused-ring (bicyclic) bond motifs is 1. The third kappa shape index (κ3) is 7.11. The lowest BCUT2D eigenvalue weighted by molar-refractivity contribution is -0.134. The van der Waals surface area contributed by atoms with Crippen molar-refractivity contribution in [1.29, 1.82) is 0 Å². The molecule has 0 bridgehead atoms. The van der Waals surface area contributed by atoms with Gasteiger partial charge in [0.05, 0.1) is 36.1 Å². The molecular weight excluding hydrogens is 621 g/mol. The van der Waals surface area contributed by atoms with E-state index < -0.39 is 41.2 Å². The van der Waals surface area contributed by atoms with E-state index in [-0.39, 0.29) is 28.8 Å². The van der Waals surface area contributed by atoms with Crippen LogP contribution in [0.3, 0.4) is 0 Å². The Kier molecular flexibility index (Phi) is 9.98. The number of aromatic nitrogens is 2. The number of ether oxygens (including phenoxy) is 1. The Balaban J connectivity index is 1.88. The Morgan fingerprint density at radius 3 is 2.53 bits per heavy atom. The molecule has 11 nitrogen and oxygen atoms in total. The fourth-order valence-electron chi connectivity index (χ4n) is 4.80. The highest BCUT2D eigenvalue weighted by atomic mass is 79.9. The summed E-state index contributed by atoms with van der Waals surface area (Å²) in [5, 5.41) is 12.3. The van der Waals surface area contributed by atoms with Crippen molar-refractivity contribution in [2.75, 3.05) is 30.9 Å². The molecule has 1 aliphatic rings. The van der Waals surface area contributed by atoms with Gasteiger partial charge in [0.15, 0.2) is 0 Å². The molecule has 1 fully saturated rings. The number of hydrogen-bond acceptors (Lipinski definition) is 9. The third-order valence-corrected chi connectivity index (χ3v) is 7.88. The van der Waals surface area contributed by atoms with E-state index in [4.69, 9.17) is 4.74 Å². The molecule has 3 amide bonds. The van der Waals surface area contributed by atoms with Gasteiger partial charge in [-0.15, -0.1) is 0 Å². The SMILES string of the molecule is CN[C@@H](C)C(=O)N[C@H](C(=O)N(C(=O)[C@@H]1CCCN1)c1cc2c(Nc3ccc(Br)cc3F)ncnc2cc1OC)C(C)(C)C. The monoisotopic (exact) mass is 657 g/mol. The predicted molar refractivity (Wildman–Crippen MR) is 167 cm³/mol. The number of imide groups is 1. The van der Waals surface area contributed by atoms with Crippen LogP contribution in [0.25, 0.3) is 10.9 Å². The number of rotatable bonds is 9. The molecule has 4 N–H and O–H groups in total. The molecule has 13 heteroatoms. The molecule has 43 heavy (non-hydrogen) atoms. The molecule has 0 spiro atoms. The topological polar surface area (TPSA) is 138 Å². The van der Waals surface area contributed by atoms with Crippen LogP contribution in [-0.2, 0) is 14.4 Å². The number of halogens is 2. The van der Waals surface area contributed by atoms with Crippen molar-refractivity contribution in [2.45, 2.75) is 58.7 Å². The highest BCUT2D eigenvalue weighted by Crippen LogP contribution is 2.38. The minimum Gasteiger partial charge on any atom is -0.494 e. The molecule has 1 aliphatic heterocycles. The van der Waals surface area contributed by atoms with Gasteiger partial charge in [-0.25, -0.2) is 19.3 Å². The van der Waals surface area contributed by atoms with Crippen molar-refractivity contribution in [3.63, 3.8) is 0 Å². The van der Waals surface area contributed by atoms with E-state index >= 15 is 0 Å². The van der Waals surface area contributed by atoms with Crippen LogP contribution in [0.5, 0.6) is 5.75 Å². The van der Waals surface area contributed by atoms with Gasteiger partial charge in [-0.05, 0) is 63.0 Å². The summed E-state index contributed by atoms with van der Waals surface area (Å²) >= 11 is 3.26. The molecule has 3 aromatic rings. The highest BCUT2D eigenvalue weighted by Gasteiger charge is 2.42. The predicted octanol–water partition coefficient (Wildman–Crippen LogP) is 4.03. The van der Waals surface area contributed by atoms with Gasteiger partial charge in [-0.1, -0.05) is 36.7 Å². The van der Waals surface area contributed by atoms with Gasteiger partial charge < -0.3 is 26.0 Å². The van der Waals surface area contributed by atoms with Gasteiger partial charge in [0.2, 0.25) is 5.91 Å². The van der Waals surface area contributed by atoms with Crippen LogP contribution in [0, 0.1) is 11.2 Å². The molecule has 0 aliphatic carbocycles. The zero-order valence-corrected chi connectivity index (χ0v) is 26.6. The summed E-state index contributed by atoms with van der Waals surface area (Å²) in [5.74, 6) is -1.51. The van der Waals surface area contributed by atoms with E-state index in [0.29, 0.717) is 28.3 Å². The van der Waals surface area contributed by atoms with Crippen LogP contribution in [0.2, 0.25) is 0 Å². The first kappa shape index (κ1) is 32.2. The molecule has 230 valence electrons. The van der Waals surface area contributed by atoms with Gasteiger partial charge in [0, 0.05) is 15.9 Å². The third-order valence-electron chi connectivity index (χ3n) is 7.39. The number of carbonyl (C=O) groups excluding carboxylic acids is 3. The molecule has 0 unspecified atom stereocenters. The van der Waals surface area contributed by atoms with Gasteiger partial charge in [0.1, 0.15) is 29.8 Å². The maximum atomic E-state index is 14.7. The van der Waals surface area contributed by atoms with Gasteiger partial charge >= 0.3 is 0 Å². The average Bonchev–Trinajstić information content (AvgIpc) is 3.51. The lowest BCUT2D eigenvalue weighted by Crippen LogP contribution is -2.60. The van der Waals surface area contributed by atoms with Crippen molar-refractivity contribution in [2.24, 2.45) is 5.41 Å². The van der Waals surface area contributed by atoms with Crippen LogP contribution in [0.1, 0.15) is 40.5 Å². The van der Waals surface area contributed by atoms with Crippen molar-refractivity contribution in [1.82, 2.24) is 25.9 Å². The second-order valence-corrected chi connectivity index (χ2v) is 12.4. The van der Waals surface area contributed by atoms with Gasteiger partial charge in [-0.3, -0.25) is 14.4 Å². The Bertz CT molecular complexity index is 1520. The minimum atomic E-state index is -1.07. The molecule has 4 rings (SSSR count). The fourth-order valence-corrected chi connectivity index (χ4v) is 5.14. The first-order chi connectivity index (χ1) is 20.3. The molecule has 0 radical (unpaired) electrons. The standard InChI is InChI=1S/C30H37BrFN7O4/c1-16(33-5)27(40)38-25(30(2,3)4)29(42)39(28(41)21-8-7-11-34-21)23-13-18-22(14-24(23)43-6)35-15-36-26(18)37-20-10-9-17(31)12-19(20)32/h9-10,12-16,21,25,33-34H,7-8,11H2,1-6H3,(H,38,40)(H,35,36,37)/t16-,21-,25+/m0/s1. The quantitative estimate of drug-likeness (QED) is 0.269. The van der Waals surface area contributed by atoms with E-state index in [1.54, 1.807) is 38.2 Å². The summed E-state index contributed by atoms with van der Waals surface area (Å²) in [6.07, 6.45) is 2.64. The van der Waals surface area contributed by atoms with Crippen LogP contribution in [-0.4, -0.2) is 66.5 Å². The maximum absolute atomic E-state index is 14.7. The number of nitrogens with one attached hydrogen (secondary N) is 4. The summed E-state index contributed by atoms with van der Waals surface area (Å²) in [7, 11) is 3.08. The average molecular weight is 659 g/mol. The molecule has 1 saturated heterocycles. The van der Waals surface area contributed by atoms with Crippen molar-refractivity contribution in [3.05, 3.63) is 46.9 Å². The Morgan fingerprint density at radius 2 is 1.93 bits per heavy atom. The molecule has 1 aromatic heterocycles. The number of amides is 3. The first-order valence-electron chi connectivity index (χ1n) is 14.0. The highest BCUT2D eigenvalue weighted by molar-refractivity contribution is 9.10. The van der Waals surface area contributed by atoms with E-state index in [9.17, 15) is 18.8 Å². The number of hydrogen-bond donors (Lipinski definition) is 4. The zero-order chi connectivity index (χ0) is 31.5. The largest absolute Gasteiger partial charge is 0.494 e. The number of likely N-dealkylation sites (N-methyl/N-ethyl adjacent to an activating group) is 1. The summed E-state index contributed by atoms with van der Waals surface area (Å²) < 4.78 is 21.0. The van der Waals surface area contributed by atoms with Gasteiger partial charge in [-0.2, -0.15) is 0 Å². The number of carbonyl (C=O) groups is 3. The number of benzene rings is 2. The van der Waals surface area contributed by atoms with Crippen molar-refractivity contribution in [3.8, 4) is 5.75 Å². The lowest BCUT2D eigenvalue weighted by Gasteiger charge is -2.36. The second-order valence-electron chi connectivity index (χ2n) is 11.5. The molecule has 3 atom stereocenters. The summed E-state index contributed by atoms with van der Waals surface area (Å²) in [6.45, 7) is 7.76. The summed E-state index contributed by atoms with van der Waals surface area (Å²) in [4.78, 5) is 51.3. The number of nitrogens with zero attached hydrogens (tertiary/aromatic N) is 3. The zero-order valence-electron chi connectivity index (χ0n) is 25.0.